The number of hydrogen-bond acceptors (Lipinski definition) is 7. The van der Waals surface area contributed by atoms with Crippen LogP contribution in [0.4, 0.5) is 0 Å². The summed E-state index contributed by atoms with van der Waals surface area (Å²) in [7, 11) is 0. The first-order valence-electron chi connectivity index (χ1n) is 8.03. The van der Waals surface area contributed by atoms with Crippen molar-refractivity contribution in [3.8, 4) is 0 Å². The molecule has 5 atom stereocenters. The van der Waals surface area contributed by atoms with Gasteiger partial charge in [-0.25, -0.2) is 0 Å². The van der Waals surface area contributed by atoms with Crippen LogP contribution in [0.3, 0.4) is 0 Å². The highest BCUT2D eigenvalue weighted by Crippen LogP contribution is 2.18. The molecule has 4 heterocycles. The van der Waals surface area contributed by atoms with E-state index in [4.69, 9.17) is 33.2 Å². The van der Waals surface area contributed by atoms with Gasteiger partial charge in [0.2, 0.25) is 0 Å². The molecule has 4 saturated heterocycles. The third-order valence-electron chi connectivity index (χ3n) is 3.55. The number of hydrogen-bond donors (Lipinski definition) is 0. The van der Waals surface area contributed by atoms with E-state index >= 15 is 0 Å². The van der Waals surface area contributed by atoms with Crippen LogP contribution < -0.4 is 0 Å². The molecule has 0 aromatic heterocycles. The molecule has 4 fully saturated rings. The molecule has 5 unspecified atom stereocenters. The predicted molar refractivity (Wildman–Crippen MR) is 75.8 cm³/mol. The minimum Gasteiger partial charge on any atom is -0.376 e. The van der Waals surface area contributed by atoms with E-state index in [1.165, 1.54) is 0 Å². The molecule has 0 amide bonds. The maximum Gasteiger partial charge on any atom is 0.146 e. The second-order valence-corrected chi connectivity index (χ2v) is 6.06. The van der Waals surface area contributed by atoms with Gasteiger partial charge in [-0.3, -0.25) is 0 Å². The Morgan fingerprint density at radius 2 is 1.23 bits per heavy atom. The van der Waals surface area contributed by atoms with Gasteiger partial charge >= 0.3 is 0 Å². The Labute approximate surface area is 131 Å². The first-order chi connectivity index (χ1) is 10.8. The first kappa shape index (κ1) is 16.6. The number of epoxide rings is 4. The lowest BCUT2D eigenvalue weighted by molar-refractivity contribution is -0.0611. The molecule has 0 radical (unpaired) electrons. The quantitative estimate of drug-likeness (QED) is 0.309. The summed E-state index contributed by atoms with van der Waals surface area (Å²) in [6.45, 7) is 8.01. The van der Waals surface area contributed by atoms with E-state index < -0.39 is 0 Å². The van der Waals surface area contributed by atoms with E-state index in [-0.39, 0.29) is 0 Å². The van der Waals surface area contributed by atoms with Gasteiger partial charge in [-0.05, 0) is 6.92 Å². The van der Waals surface area contributed by atoms with Gasteiger partial charge in [0.25, 0.3) is 0 Å². The van der Waals surface area contributed by atoms with Crippen molar-refractivity contribution in [2.24, 2.45) is 0 Å². The molecule has 128 valence electrons. The van der Waals surface area contributed by atoms with E-state index in [0.717, 1.165) is 39.5 Å². The minimum atomic E-state index is 0.326. The molecule has 0 saturated carbocycles. The van der Waals surface area contributed by atoms with E-state index in [2.05, 4.69) is 6.92 Å². The largest absolute Gasteiger partial charge is 0.376 e. The van der Waals surface area contributed by atoms with E-state index in [0.29, 0.717) is 50.5 Å². The summed E-state index contributed by atoms with van der Waals surface area (Å²) in [6, 6.07) is 0. The molecule has 0 spiro atoms. The Hall–Kier alpha value is -0.280. The Bertz CT molecular complexity index is 297. The Kier molecular flexibility index (Phi) is 6.43. The summed E-state index contributed by atoms with van der Waals surface area (Å²) in [4.78, 5) is 0. The summed E-state index contributed by atoms with van der Waals surface area (Å²) >= 11 is 0. The fourth-order valence-corrected chi connectivity index (χ4v) is 1.82. The van der Waals surface area contributed by atoms with Gasteiger partial charge in [0.05, 0.1) is 58.5 Å². The zero-order valence-corrected chi connectivity index (χ0v) is 13.1. The fourth-order valence-electron chi connectivity index (χ4n) is 1.82. The van der Waals surface area contributed by atoms with Crippen LogP contribution in [0.25, 0.3) is 0 Å². The van der Waals surface area contributed by atoms with Crippen molar-refractivity contribution >= 4 is 0 Å². The van der Waals surface area contributed by atoms with Crippen molar-refractivity contribution in [2.45, 2.75) is 43.9 Å². The fraction of sp³-hybridized carbons (Fsp3) is 1.00. The van der Waals surface area contributed by atoms with Crippen LogP contribution >= 0.6 is 0 Å². The molecule has 22 heavy (non-hydrogen) atoms. The lowest BCUT2D eigenvalue weighted by Crippen LogP contribution is -2.14. The summed E-state index contributed by atoms with van der Waals surface area (Å²) in [5.41, 5.74) is 0. The minimum absolute atomic E-state index is 0.326. The van der Waals surface area contributed by atoms with Crippen molar-refractivity contribution in [3.05, 3.63) is 0 Å². The molecular formula is C15H26O7. The summed E-state index contributed by atoms with van der Waals surface area (Å²) in [5, 5.41) is 0. The maximum atomic E-state index is 5.51. The maximum absolute atomic E-state index is 5.51. The van der Waals surface area contributed by atoms with Gasteiger partial charge in [-0.15, -0.1) is 0 Å². The molecule has 0 N–H and O–H groups in total. The van der Waals surface area contributed by atoms with Gasteiger partial charge in [-0.1, -0.05) is 0 Å². The van der Waals surface area contributed by atoms with Crippen molar-refractivity contribution in [2.75, 3.05) is 53.0 Å². The molecule has 0 aromatic carbocycles. The Morgan fingerprint density at radius 1 is 0.773 bits per heavy atom. The van der Waals surface area contributed by atoms with Crippen LogP contribution in [0.2, 0.25) is 0 Å². The standard InChI is InChI=1S/C8H14O3.C7H12O4/c1-6(2-7-3-10-7)9-4-8-5-11-8;1(6-3-10-6)8-5-9-2-7-4-11-7/h6-8H,2-5H2,1H3;6-7H,1-5H2. The molecule has 4 rings (SSSR count). The van der Waals surface area contributed by atoms with Gasteiger partial charge < -0.3 is 33.2 Å². The second kappa shape index (κ2) is 8.54. The van der Waals surface area contributed by atoms with Crippen LogP contribution in [-0.4, -0.2) is 83.6 Å². The monoisotopic (exact) mass is 318 g/mol. The number of rotatable bonds is 11. The van der Waals surface area contributed by atoms with Crippen LogP contribution in [0.5, 0.6) is 0 Å². The molecular weight excluding hydrogens is 292 g/mol. The van der Waals surface area contributed by atoms with E-state index in [1.807, 2.05) is 0 Å². The van der Waals surface area contributed by atoms with Crippen LogP contribution in [0, 0.1) is 0 Å². The molecule has 4 aliphatic rings. The third kappa shape index (κ3) is 8.38. The van der Waals surface area contributed by atoms with E-state index in [9.17, 15) is 0 Å². The van der Waals surface area contributed by atoms with Gasteiger partial charge in [0.15, 0.2) is 0 Å². The highest BCUT2D eigenvalue weighted by molar-refractivity contribution is 4.74. The first-order valence-corrected chi connectivity index (χ1v) is 8.03. The SMILES string of the molecule is C(OCC1CO1)OCC1CO1.CC(CC1CO1)OCC1CO1. The topological polar surface area (TPSA) is 77.8 Å². The summed E-state index contributed by atoms with van der Waals surface area (Å²) in [6.07, 6.45) is 2.88. The van der Waals surface area contributed by atoms with E-state index in [1.54, 1.807) is 0 Å². The van der Waals surface area contributed by atoms with Crippen LogP contribution in [0.15, 0.2) is 0 Å². The molecule has 0 aromatic rings. The van der Waals surface area contributed by atoms with Crippen molar-refractivity contribution < 1.29 is 33.2 Å². The lowest BCUT2D eigenvalue weighted by atomic mass is 10.2. The van der Waals surface area contributed by atoms with Crippen molar-refractivity contribution in [1.29, 1.82) is 0 Å². The molecule has 0 bridgehead atoms. The predicted octanol–water partition coefficient (Wildman–Crippen LogP) is 0.354. The van der Waals surface area contributed by atoms with Crippen molar-refractivity contribution in [3.63, 3.8) is 0 Å². The van der Waals surface area contributed by atoms with Crippen LogP contribution in [-0.2, 0) is 33.2 Å². The third-order valence-corrected chi connectivity index (χ3v) is 3.55. The molecule has 7 heteroatoms. The zero-order chi connectivity index (χ0) is 15.2. The lowest BCUT2D eigenvalue weighted by Gasteiger charge is -2.09. The zero-order valence-electron chi connectivity index (χ0n) is 13.1. The number of ether oxygens (including phenoxy) is 7. The molecule has 4 aliphatic heterocycles. The normalized spacial score (nSPS) is 35.3. The van der Waals surface area contributed by atoms with Gasteiger partial charge in [-0.2, -0.15) is 0 Å². The van der Waals surface area contributed by atoms with Crippen LogP contribution in [0.1, 0.15) is 13.3 Å². The highest BCUT2D eigenvalue weighted by Gasteiger charge is 2.27. The van der Waals surface area contributed by atoms with Crippen molar-refractivity contribution in [1.82, 2.24) is 0 Å². The molecule has 0 aliphatic carbocycles. The highest BCUT2D eigenvalue weighted by atomic mass is 16.7. The Morgan fingerprint density at radius 3 is 1.68 bits per heavy atom. The van der Waals surface area contributed by atoms with Gasteiger partial charge in [0.1, 0.15) is 25.1 Å². The average Bonchev–Trinajstić information content (AvgIpc) is 3.36. The molecule has 7 nitrogen and oxygen atoms in total. The smallest absolute Gasteiger partial charge is 0.146 e. The summed E-state index contributed by atoms with van der Waals surface area (Å²) < 4.78 is 35.8. The Balaban J connectivity index is 0.000000131. The average molecular weight is 318 g/mol. The van der Waals surface area contributed by atoms with Gasteiger partial charge in [0, 0.05) is 6.42 Å². The second-order valence-electron chi connectivity index (χ2n) is 6.06. The summed E-state index contributed by atoms with van der Waals surface area (Å²) in [5.74, 6) is 0.